The van der Waals surface area contributed by atoms with Crippen LogP contribution in [0.4, 0.5) is 0 Å². The molecule has 108 valence electrons. The first-order valence-corrected chi connectivity index (χ1v) is 7.33. The van der Waals surface area contributed by atoms with Crippen molar-refractivity contribution >= 4 is 23.5 Å². The van der Waals surface area contributed by atoms with E-state index in [9.17, 15) is 4.79 Å². The maximum absolute atomic E-state index is 12.0. The van der Waals surface area contributed by atoms with E-state index in [1.54, 1.807) is 35.8 Å². The van der Waals surface area contributed by atoms with Crippen LogP contribution in [0.2, 0.25) is 0 Å². The summed E-state index contributed by atoms with van der Waals surface area (Å²) in [5.41, 5.74) is 2.99. The van der Waals surface area contributed by atoms with Crippen molar-refractivity contribution in [1.82, 2.24) is 5.43 Å². The molecule has 0 spiro atoms. The Labute approximate surface area is 126 Å². The minimum atomic E-state index is -0.281. The first-order chi connectivity index (χ1) is 10.2. The second-order valence-corrected chi connectivity index (χ2v) is 5.83. The van der Waals surface area contributed by atoms with E-state index in [1.807, 2.05) is 19.1 Å². The third-order valence-electron chi connectivity index (χ3n) is 2.92. The Hall–Kier alpha value is -2.34. The Morgan fingerprint density at radius 2 is 2.05 bits per heavy atom. The quantitative estimate of drug-likeness (QED) is 0.700. The summed E-state index contributed by atoms with van der Waals surface area (Å²) in [6.45, 7) is 3.05. The van der Waals surface area contributed by atoms with Gasteiger partial charge in [-0.15, -0.1) is 11.3 Å². The lowest BCUT2D eigenvalue weighted by molar-refractivity contribution is 0.0954. The average molecular weight is 302 g/mol. The van der Waals surface area contributed by atoms with E-state index >= 15 is 0 Å². The zero-order chi connectivity index (χ0) is 14.7. The minimum absolute atomic E-state index is 0.281. The molecule has 1 amide bonds. The molecule has 2 heterocycles. The second-order valence-electron chi connectivity index (χ2n) is 4.51. The largest absolute Gasteiger partial charge is 0.486 e. The van der Waals surface area contributed by atoms with E-state index in [0.717, 1.165) is 4.88 Å². The fourth-order valence-corrected chi connectivity index (χ4v) is 2.68. The summed E-state index contributed by atoms with van der Waals surface area (Å²) in [4.78, 5) is 14.2. The Morgan fingerprint density at radius 1 is 1.24 bits per heavy atom. The number of ether oxygens (including phenoxy) is 2. The Bertz CT molecular complexity index is 694. The number of aryl methyl sites for hydroxylation is 1. The summed E-state index contributed by atoms with van der Waals surface area (Å²) in [6.07, 6.45) is 1.63. The Balaban J connectivity index is 1.66. The minimum Gasteiger partial charge on any atom is -0.486 e. The number of nitrogens with one attached hydrogen (secondary N) is 1. The van der Waals surface area contributed by atoms with Crippen molar-refractivity contribution in [3.8, 4) is 11.5 Å². The highest BCUT2D eigenvalue weighted by atomic mass is 32.1. The smallest absolute Gasteiger partial charge is 0.271 e. The normalized spacial score (nSPS) is 13.4. The van der Waals surface area contributed by atoms with Gasteiger partial charge in [-0.05, 0) is 37.3 Å². The summed E-state index contributed by atoms with van der Waals surface area (Å²) in [7, 11) is 0. The third-order valence-corrected chi connectivity index (χ3v) is 3.86. The SMILES string of the molecule is Cc1ccc(/C=N/NC(=O)c2ccc3c(c2)OCCO3)s1. The van der Waals surface area contributed by atoms with Gasteiger partial charge in [0, 0.05) is 15.3 Å². The number of carbonyl (C=O) groups is 1. The molecule has 6 heteroatoms. The van der Waals surface area contributed by atoms with Gasteiger partial charge >= 0.3 is 0 Å². The predicted molar refractivity (Wildman–Crippen MR) is 81.5 cm³/mol. The maximum atomic E-state index is 12.0. The number of rotatable bonds is 3. The second kappa shape index (κ2) is 5.97. The lowest BCUT2D eigenvalue weighted by atomic mass is 10.2. The van der Waals surface area contributed by atoms with Crippen LogP contribution in [0.1, 0.15) is 20.1 Å². The zero-order valence-corrected chi connectivity index (χ0v) is 12.3. The summed E-state index contributed by atoms with van der Waals surface area (Å²) < 4.78 is 10.9. The molecule has 5 nitrogen and oxygen atoms in total. The van der Waals surface area contributed by atoms with Crippen LogP contribution < -0.4 is 14.9 Å². The van der Waals surface area contributed by atoms with Gasteiger partial charge in [0.15, 0.2) is 11.5 Å². The summed E-state index contributed by atoms with van der Waals surface area (Å²) in [5, 5.41) is 3.96. The van der Waals surface area contributed by atoms with Gasteiger partial charge in [-0.25, -0.2) is 5.43 Å². The fourth-order valence-electron chi connectivity index (χ4n) is 1.93. The van der Waals surface area contributed by atoms with Crippen LogP contribution in [-0.2, 0) is 0 Å². The predicted octanol–water partition coefficient (Wildman–Crippen LogP) is 2.59. The lowest BCUT2D eigenvalue weighted by Gasteiger charge is -2.18. The van der Waals surface area contributed by atoms with Crippen molar-refractivity contribution in [2.45, 2.75) is 6.92 Å². The summed E-state index contributed by atoms with van der Waals surface area (Å²) in [5.74, 6) is 0.971. The number of hydrazone groups is 1. The number of benzene rings is 1. The van der Waals surface area contributed by atoms with Crippen molar-refractivity contribution in [2.75, 3.05) is 13.2 Å². The van der Waals surface area contributed by atoms with Crippen molar-refractivity contribution in [3.05, 3.63) is 45.6 Å². The highest BCUT2D eigenvalue weighted by Crippen LogP contribution is 2.30. The van der Waals surface area contributed by atoms with Gasteiger partial charge in [0.2, 0.25) is 0 Å². The van der Waals surface area contributed by atoms with Crippen LogP contribution in [0.25, 0.3) is 0 Å². The highest BCUT2D eigenvalue weighted by Gasteiger charge is 2.14. The highest BCUT2D eigenvalue weighted by molar-refractivity contribution is 7.13. The molecule has 1 aliphatic rings. The topological polar surface area (TPSA) is 59.9 Å². The van der Waals surface area contributed by atoms with Crippen molar-refractivity contribution in [2.24, 2.45) is 5.10 Å². The molecular formula is C15H14N2O3S. The van der Waals surface area contributed by atoms with Gasteiger partial charge in [0.05, 0.1) is 6.21 Å². The van der Waals surface area contributed by atoms with Crippen LogP contribution in [0.15, 0.2) is 35.4 Å². The molecule has 0 atom stereocenters. The van der Waals surface area contributed by atoms with Gasteiger partial charge < -0.3 is 9.47 Å². The van der Waals surface area contributed by atoms with Gasteiger partial charge in [-0.3, -0.25) is 4.79 Å². The summed E-state index contributed by atoms with van der Waals surface area (Å²) in [6, 6.07) is 9.05. The monoisotopic (exact) mass is 302 g/mol. The van der Waals surface area contributed by atoms with E-state index in [2.05, 4.69) is 10.5 Å². The molecule has 0 fully saturated rings. The van der Waals surface area contributed by atoms with Crippen molar-refractivity contribution in [3.63, 3.8) is 0 Å². The van der Waals surface area contributed by atoms with Crippen LogP contribution >= 0.6 is 11.3 Å². The number of fused-ring (bicyclic) bond motifs is 1. The van der Waals surface area contributed by atoms with Crippen LogP contribution in [0.3, 0.4) is 0 Å². The molecule has 0 bridgehead atoms. The molecule has 0 saturated carbocycles. The fraction of sp³-hybridized carbons (Fsp3) is 0.200. The van der Waals surface area contributed by atoms with Gasteiger partial charge in [-0.1, -0.05) is 0 Å². The van der Waals surface area contributed by atoms with Crippen LogP contribution in [0, 0.1) is 6.92 Å². The molecule has 21 heavy (non-hydrogen) atoms. The molecule has 0 saturated heterocycles. The molecule has 3 rings (SSSR count). The lowest BCUT2D eigenvalue weighted by Crippen LogP contribution is -2.19. The first-order valence-electron chi connectivity index (χ1n) is 6.52. The number of hydrogen-bond acceptors (Lipinski definition) is 5. The average Bonchev–Trinajstić information content (AvgIpc) is 2.92. The van der Waals surface area contributed by atoms with E-state index in [-0.39, 0.29) is 5.91 Å². The summed E-state index contributed by atoms with van der Waals surface area (Å²) >= 11 is 1.62. The van der Waals surface area contributed by atoms with Crippen molar-refractivity contribution in [1.29, 1.82) is 0 Å². The van der Waals surface area contributed by atoms with E-state index in [0.29, 0.717) is 30.3 Å². The first kappa shape index (κ1) is 13.6. The third kappa shape index (κ3) is 3.22. The van der Waals surface area contributed by atoms with E-state index in [1.165, 1.54) is 4.88 Å². The Morgan fingerprint density at radius 3 is 2.81 bits per heavy atom. The molecule has 1 aromatic heterocycles. The molecule has 1 aliphatic heterocycles. The van der Waals surface area contributed by atoms with Gasteiger partial charge in [0.1, 0.15) is 13.2 Å². The molecule has 1 aromatic carbocycles. The number of thiophene rings is 1. The molecular weight excluding hydrogens is 288 g/mol. The van der Waals surface area contributed by atoms with Gasteiger partial charge in [0.25, 0.3) is 5.91 Å². The van der Waals surface area contributed by atoms with Crippen molar-refractivity contribution < 1.29 is 14.3 Å². The van der Waals surface area contributed by atoms with Gasteiger partial charge in [-0.2, -0.15) is 5.10 Å². The number of amides is 1. The molecule has 1 N–H and O–H groups in total. The molecule has 0 radical (unpaired) electrons. The number of hydrogen-bond donors (Lipinski definition) is 1. The van der Waals surface area contributed by atoms with E-state index in [4.69, 9.17) is 9.47 Å². The standard InChI is InChI=1S/C15H14N2O3S/c1-10-2-4-12(21-10)9-16-17-15(18)11-3-5-13-14(8-11)20-7-6-19-13/h2-5,8-9H,6-7H2,1H3,(H,17,18)/b16-9+. The number of carbonyl (C=O) groups excluding carboxylic acids is 1. The maximum Gasteiger partial charge on any atom is 0.271 e. The Kier molecular flexibility index (Phi) is 3.87. The molecule has 0 aliphatic carbocycles. The zero-order valence-electron chi connectivity index (χ0n) is 11.5. The molecule has 2 aromatic rings. The van der Waals surface area contributed by atoms with Crippen LogP contribution in [-0.4, -0.2) is 25.3 Å². The van der Waals surface area contributed by atoms with E-state index < -0.39 is 0 Å². The molecule has 0 unspecified atom stereocenters. The van der Waals surface area contributed by atoms with Crippen LogP contribution in [0.5, 0.6) is 11.5 Å². The number of nitrogens with zero attached hydrogens (tertiary/aromatic N) is 1.